The summed E-state index contributed by atoms with van der Waals surface area (Å²) in [5.41, 5.74) is 34.7. The van der Waals surface area contributed by atoms with E-state index in [9.17, 15) is 0 Å². The third-order valence-corrected chi connectivity index (χ3v) is 19.7. The molecule has 0 aliphatic heterocycles. The van der Waals surface area contributed by atoms with E-state index >= 15 is 0 Å². The predicted octanol–water partition coefficient (Wildman–Crippen LogP) is 30.0. The summed E-state index contributed by atoms with van der Waals surface area (Å²) in [6.07, 6.45) is 4.43. The van der Waals surface area contributed by atoms with Gasteiger partial charge in [0.15, 0.2) is 0 Å². The van der Waals surface area contributed by atoms with Crippen LogP contribution >= 0.6 is 11.8 Å². The van der Waals surface area contributed by atoms with Crippen molar-refractivity contribution in [3.05, 3.63) is 450 Å². The molecule has 0 amide bonds. The molecule has 0 heterocycles. The minimum Gasteiger partial charge on any atom is -0.457 e. The summed E-state index contributed by atoms with van der Waals surface area (Å²) in [7, 11) is 0. The fraction of sp³-hybridized carbons (Fsp3) is 0.208. The van der Waals surface area contributed by atoms with Crippen molar-refractivity contribution < 1.29 is 4.74 Å². The van der Waals surface area contributed by atoms with Crippen LogP contribution in [-0.2, 0) is 25.7 Å². The van der Waals surface area contributed by atoms with Crippen molar-refractivity contribution in [1.29, 1.82) is 0 Å². The van der Waals surface area contributed by atoms with E-state index < -0.39 is 0 Å². The lowest BCUT2D eigenvalue weighted by Gasteiger charge is -2.08. The predicted molar refractivity (Wildman–Crippen MR) is 472 cm³/mol. The molecule has 14 rings (SSSR count). The van der Waals surface area contributed by atoms with Crippen LogP contribution in [0.5, 0.6) is 11.5 Å². The van der Waals surface area contributed by atoms with Gasteiger partial charge in [0.2, 0.25) is 0 Å². The van der Waals surface area contributed by atoms with Crippen LogP contribution in [0.3, 0.4) is 0 Å². The third-order valence-electron chi connectivity index (χ3n) is 18.6. The first kappa shape index (κ1) is 84.5. The Kier molecular flexibility index (Phi) is 35.2. The zero-order valence-corrected chi connectivity index (χ0v) is 68.6. The van der Waals surface area contributed by atoms with Crippen LogP contribution in [0.15, 0.2) is 337 Å². The van der Waals surface area contributed by atoms with Crippen molar-refractivity contribution in [1.82, 2.24) is 0 Å². The lowest BCUT2D eigenvalue weighted by Crippen LogP contribution is -1.91. The largest absolute Gasteiger partial charge is 0.457 e. The Morgan fingerprint density at radius 3 is 0.722 bits per heavy atom. The van der Waals surface area contributed by atoms with Gasteiger partial charge in [0.05, 0.1) is 0 Å². The van der Waals surface area contributed by atoms with Gasteiger partial charge in [-0.2, -0.15) is 0 Å². The number of benzene rings is 14. The Morgan fingerprint density at radius 1 is 0.204 bits per heavy atom. The van der Waals surface area contributed by atoms with E-state index in [0.29, 0.717) is 0 Å². The molecule has 0 fully saturated rings. The summed E-state index contributed by atoms with van der Waals surface area (Å²) in [5.74, 6) is 1.76. The van der Waals surface area contributed by atoms with Gasteiger partial charge in [0.25, 0.3) is 0 Å². The van der Waals surface area contributed by atoms with Gasteiger partial charge < -0.3 is 4.74 Å². The maximum Gasteiger partial charge on any atom is 0.127 e. The molecule has 0 spiro atoms. The van der Waals surface area contributed by atoms with Crippen molar-refractivity contribution in [3.8, 4) is 33.8 Å². The van der Waals surface area contributed by atoms with E-state index in [0.717, 1.165) is 37.2 Å². The van der Waals surface area contributed by atoms with Gasteiger partial charge in [0, 0.05) is 9.79 Å². The molecule has 0 unspecified atom stereocenters. The molecule has 0 aromatic heterocycles. The first-order valence-corrected chi connectivity index (χ1v) is 38.9. The summed E-state index contributed by atoms with van der Waals surface area (Å²) < 4.78 is 5.69. The summed E-state index contributed by atoms with van der Waals surface area (Å²) >= 11 is 1.80. The van der Waals surface area contributed by atoms with E-state index in [-0.39, 0.29) is 0 Å². The topological polar surface area (TPSA) is 9.23 Å². The fourth-order valence-corrected chi connectivity index (χ4v) is 11.9. The molecule has 108 heavy (non-hydrogen) atoms. The maximum atomic E-state index is 5.69. The van der Waals surface area contributed by atoms with Crippen molar-refractivity contribution in [2.24, 2.45) is 0 Å². The Bertz CT molecular complexity index is 4350. The fourth-order valence-electron chi connectivity index (χ4n) is 11.0. The average molecular weight is 1440 g/mol. The number of rotatable bonds is 12. The highest BCUT2D eigenvalue weighted by atomic mass is 32.2. The lowest BCUT2D eigenvalue weighted by molar-refractivity contribution is 0.482. The Hall–Kier alpha value is -10.8. The highest BCUT2D eigenvalue weighted by molar-refractivity contribution is 7.99. The molecule has 0 N–H and O–H groups in total. The van der Waals surface area contributed by atoms with Crippen molar-refractivity contribution >= 4 is 11.8 Å². The molecule has 0 radical (unpaired) electrons. The SMILES string of the molecule is CCc1cccc(C)c1.Cc1ccc(-c2ccc(C)c(C)c2)cc1C.Cc1ccc(-c2ccc(C)cc2)cc1.Cc1ccc(C)cc1.Cc1ccc(CCc2ccc(C)cc2)cc1.Cc1ccc(Cc2ccc(C)cc2)cc1.Cc1ccc(Oc2ccc(C)cc2)cc1.Cc1ccc(Sc2ccc(C)cc2)cc1. The standard InChI is InChI=1S/2C16H18.C15H16.C14H14O.C14H14S.C14H14.C9H12.C8H10/c1-11-5-7-15(9-13(11)3)16-8-6-12(2)14(4)10-16;1-13-3-7-15(8-4-13)11-12-16-9-5-14(2)6-10-16;1-12-3-7-14(8-4-12)11-15-9-5-13(2)6-10-15;2*1-11-3-7-13(8-4-11)15-14-9-5-12(2)6-10-14;1-11-3-7-13(8-4-11)14-9-5-12(2)6-10-14;1-3-9-6-4-5-8(2)7-9;1-7-3-5-8(2)6-4-7/h5-10H,1-4H3;3-10H,11-12H2,1-2H3;3-10H,11H2,1-2H3;2*3-10H,1-2H3;3-10H,1-2H3;4-7H,3H2,1-2H3;3-6H,1-2H3. The molecular formula is C106H116OS. The number of hydrogen-bond donors (Lipinski definition) is 0. The Labute approximate surface area is 655 Å². The molecule has 552 valence electrons. The van der Waals surface area contributed by atoms with Gasteiger partial charge in [-0.3, -0.25) is 0 Å². The van der Waals surface area contributed by atoms with E-state index in [1.165, 1.54) is 154 Å². The molecule has 0 atom stereocenters. The molecule has 0 bridgehead atoms. The van der Waals surface area contributed by atoms with E-state index in [4.69, 9.17) is 4.74 Å². The van der Waals surface area contributed by atoms with E-state index in [1.54, 1.807) is 11.8 Å². The highest BCUT2D eigenvalue weighted by Gasteiger charge is 2.04. The van der Waals surface area contributed by atoms with Gasteiger partial charge in [-0.05, 0) is 264 Å². The van der Waals surface area contributed by atoms with Crippen LogP contribution in [0.4, 0.5) is 0 Å². The van der Waals surface area contributed by atoms with E-state index in [2.05, 4.69) is 404 Å². The second-order valence-electron chi connectivity index (χ2n) is 28.9. The van der Waals surface area contributed by atoms with E-state index in [1.807, 2.05) is 48.5 Å². The molecule has 0 saturated heterocycles. The molecule has 0 aliphatic rings. The van der Waals surface area contributed by atoms with Crippen LogP contribution < -0.4 is 4.74 Å². The first-order valence-electron chi connectivity index (χ1n) is 38.1. The second-order valence-corrected chi connectivity index (χ2v) is 30.0. The van der Waals surface area contributed by atoms with Crippen LogP contribution in [0.25, 0.3) is 22.3 Å². The average Bonchev–Trinajstić information content (AvgIpc) is 0.854. The smallest absolute Gasteiger partial charge is 0.127 e. The van der Waals surface area contributed by atoms with Crippen LogP contribution in [0.2, 0.25) is 0 Å². The van der Waals surface area contributed by atoms with Crippen molar-refractivity contribution in [3.63, 3.8) is 0 Å². The number of ether oxygens (including phenoxy) is 1. The minimum absolute atomic E-state index is 0.879. The normalized spacial score (nSPS) is 10.1. The van der Waals surface area contributed by atoms with Gasteiger partial charge in [-0.15, -0.1) is 0 Å². The molecule has 2 heteroatoms. The maximum absolute atomic E-state index is 5.69. The van der Waals surface area contributed by atoms with Gasteiger partial charge in [0.1, 0.15) is 11.5 Å². The zero-order valence-electron chi connectivity index (χ0n) is 67.8. The molecule has 0 saturated carbocycles. The number of aryl methyl sites for hydroxylation is 20. The Morgan fingerprint density at radius 2 is 0.454 bits per heavy atom. The molecule has 0 aliphatic carbocycles. The van der Waals surface area contributed by atoms with Crippen LogP contribution in [0, 0.1) is 118 Å². The van der Waals surface area contributed by atoms with Gasteiger partial charge in [-0.1, -0.05) is 370 Å². The number of hydrogen-bond acceptors (Lipinski definition) is 2. The third kappa shape index (κ3) is 32.1. The summed E-state index contributed by atoms with van der Waals surface area (Å²) in [4.78, 5) is 2.59. The van der Waals surface area contributed by atoms with Gasteiger partial charge >= 0.3 is 0 Å². The Balaban J connectivity index is 0.000000173. The van der Waals surface area contributed by atoms with Crippen LogP contribution in [0.1, 0.15) is 129 Å². The molecule has 14 aromatic rings. The highest BCUT2D eigenvalue weighted by Crippen LogP contribution is 2.29. The summed E-state index contributed by atoms with van der Waals surface area (Å²) in [6.45, 7) is 38.2. The first-order chi connectivity index (χ1) is 51.9. The summed E-state index contributed by atoms with van der Waals surface area (Å²) in [5, 5.41) is 0. The van der Waals surface area contributed by atoms with Crippen molar-refractivity contribution in [2.45, 2.75) is 160 Å². The van der Waals surface area contributed by atoms with Crippen molar-refractivity contribution in [2.75, 3.05) is 0 Å². The van der Waals surface area contributed by atoms with Gasteiger partial charge in [-0.25, -0.2) is 0 Å². The molecule has 14 aromatic carbocycles. The lowest BCUT2D eigenvalue weighted by atomic mass is 9.98. The monoisotopic (exact) mass is 1440 g/mol. The summed E-state index contributed by atoms with van der Waals surface area (Å²) in [6, 6.07) is 116. The molecule has 1 nitrogen and oxygen atoms in total. The minimum atomic E-state index is 0.879. The molecular weight excluding hydrogens is 1320 g/mol. The van der Waals surface area contributed by atoms with Crippen LogP contribution in [-0.4, -0.2) is 0 Å². The quantitative estimate of drug-likeness (QED) is 0.121. The second kappa shape index (κ2) is 45.0. The zero-order chi connectivity index (χ0) is 77.7.